The van der Waals surface area contributed by atoms with Crippen molar-refractivity contribution in [2.75, 3.05) is 10.6 Å². The lowest BCUT2D eigenvalue weighted by Crippen LogP contribution is -2.30. The second-order valence-electron chi connectivity index (χ2n) is 5.05. The molecule has 0 aliphatic heterocycles. The van der Waals surface area contributed by atoms with Crippen LogP contribution in [-0.4, -0.2) is 17.9 Å². The Labute approximate surface area is 149 Å². The van der Waals surface area contributed by atoms with Gasteiger partial charge < -0.3 is 15.4 Å². The molecule has 2 aromatic carbocycles. The average molecular weight is 367 g/mol. The minimum Gasteiger partial charge on any atom is -0.479 e. The number of anilines is 2. The number of rotatable bonds is 5. The highest BCUT2D eigenvalue weighted by Crippen LogP contribution is 2.28. The van der Waals surface area contributed by atoms with Crippen molar-refractivity contribution in [1.29, 1.82) is 0 Å². The Bertz CT molecular complexity index is 765. The molecule has 0 unspecified atom stereocenters. The van der Waals surface area contributed by atoms with E-state index in [2.05, 4.69) is 10.6 Å². The van der Waals surface area contributed by atoms with E-state index in [1.807, 2.05) is 0 Å². The molecule has 1 atom stereocenters. The molecular formula is C17H16Cl2N2O3. The molecule has 5 nitrogen and oxygen atoms in total. The lowest BCUT2D eigenvalue weighted by molar-refractivity contribution is -0.122. The quantitative estimate of drug-likeness (QED) is 0.825. The van der Waals surface area contributed by atoms with E-state index in [4.69, 9.17) is 27.9 Å². The first-order valence-corrected chi connectivity index (χ1v) is 7.91. The molecule has 7 heteroatoms. The smallest absolute Gasteiger partial charge is 0.265 e. The zero-order valence-corrected chi connectivity index (χ0v) is 14.6. The zero-order valence-electron chi connectivity index (χ0n) is 13.1. The average Bonchev–Trinajstić information content (AvgIpc) is 2.51. The molecule has 2 aromatic rings. The van der Waals surface area contributed by atoms with Crippen molar-refractivity contribution in [2.45, 2.75) is 20.0 Å². The van der Waals surface area contributed by atoms with Crippen LogP contribution in [0.15, 0.2) is 42.5 Å². The van der Waals surface area contributed by atoms with Crippen LogP contribution in [0.3, 0.4) is 0 Å². The number of carbonyl (C=O) groups excluding carboxylic acids is 2. The maximum absolute atomic E-state index is 12.3. The van der Waals surface area contributed by atoms with E-state index in [-0.39, 0.29) is 11.8 Å². The van der Waals surface area contributed by atoms with Gasteiger partial charge in [0.25, 0.3) is 5.91 Å². The molecule has 2 N–H and O–H groups in total. The number of hydrogen-bond donors (Lipinski definition) is 2. The zero-order chi connectivity index (χ0) is 17.7. The second kappa shape index (κ2) is 8.04. The van der Waals surface area contributed by atoms with E-state index >= 15 is 0 Å². The van der Waals surface area contributed by atoms with Crippen LogP contribution in [-0.2, 0) is 9.59 Å². The predicted octanol–water partition coefficient (Wildman–Crippen LogP) is 4.36. The maximum Gasteiger partial charge on any atom is 0.265 e. The topological polar surface area (TPSA) is 67.4 Å². The predicted molar refractivity (Wildman–Crippen MR) is 95.9 cm³/mol. The molecule has 0 aliphatic rings. The highest BCUT2D eigenvalue weighted by atomic mass is 35.5. The van der Waals surface area contributed by atoms with Crippen LogP contribution < -0.4 is 15.4 Å². The van der Waals surface area contributed by atoms with Gasteiger partial charge in [0, 0.05) is 11.9 Å². The van der Waals surface area contributed by atoms with E-state index in [1.165, 1.54) is 13.0 Å². The van der Waals surface area contributed by atoms with Crippen LogP contribution >= 0.6 is 23.2 Å². The minimum absolute atomic E-state index is 0.228. The van der Waals surface area contributed by atoms with E-state index in [1.54, 1.807) is 43.3 Å². The first-order valence-electron chi connectivity index (χ1n) is 7.16. The Morgan fingerprint density at radius 1 is 1.04 bits per heavy atom. The summed E-state index contributed by atoms with van der Waals surface area (Å²) in [6, 6.07) is 11.6. The van der Waals surface area contributed by atoms with Gasteiger partial charge >= 0.3 is 0 Å². The van der Waals surface area contributed by atoms with E-state index in [0.29, 0.717) is 27.2 Å². The SMILES string of the molecule is CC(=O)Nc1ccccc1NC(=O)[C@@H](C)Oc1ccc(Cl)cc1Cl. The van der Waals surface area contributed by atoms with Crippen molar-refractivity contribution in [3.05, 3.63) is 52.5 Å². The summed E-state index contributed by atoms with van der Waals surface area (Å²) in [5.41, 5.74) is 0.991. The second-order valence-corrected chi connectivity index (χ2v) is 5.89. The van der Waals surface area contributed by atoms with E-state index in [0.717, 1.165) is 0 Å². The van der Waals surface area contributed by atoms with Crippen LogP contribution in [0.5, 0.6) is 5.75 Å². The lowest BCUT2D eigenvalue weighted by atomic mass is 10.2. The molecule has 126 valence electrons. The van der Waals surface area contributed by atoms with Gasteiger partial charge in [-0.15, -0.1) is 0 Å². The summed E-state index contributed by atoms with van der Waals surface area (Å²) in [4.78, 5) is 23.5. The fraction of sp³-hybridized carbons (Fsp3) is 0.176. The number of hydrogen-bond acceptors (Lipinski definition) is 3. The molecule has 0 saturated heterocycles. The third kappa shape index (κ3) is 4.88. The number of nitrogens with one attached hydrogen (secondary N) is 2. The molecular weight excluding hydrogens is 351 g/mol. The van der Waals surface area contributed by atoms with Crippen LogP contribution in [0, 0.1) is 0 Å². The third-order valence-corrected chi connectivity index (χ3v) is 3.59. The first kappa shape index (κ1) is 18.1. The maximum atomic E-state index is 12.3. The van der Waals surface area contributed by atoms with Crippen molar-refractivity contribution in [1.82, 2.24) is 0 Å². The molecule has 0 saturated carbocycles. The Kier molecular flexibility index (Phi) is 6.06. The Morgan fingerprint density at radius 3 is 2.25 bits per heavy atom. The highest BCUT2D eigenvalue weighted by Gasteiger charge is 2.17. The number of para-hydroxylation sites is 2. The summed E-state index contributed by atoms with van der Waals surface area (Å²) in [5, 5.41) is 6.17. The molecule has 2 amide bonds. The molecule has 0 heterocycles. The molecule has 0 spiro atoms. The molecule has 0 aliphatic carbocycles. The van der Waals surface area contributed by atoms with Crippen molar-refractivity contribution in [3.63, 3.8) is 0 Å². The van der Waals surface area contributed by atoms with Gasteiger partial charge in [0.2, 0.25) is 5.91 Å². The van der Waals surface area contributed by atoms with E-state index in [9.17, 15) is 9.59 Å². The van der Waals surface area contributed by atoms with Crippen LogP contribution in [0.1, 0.15) is 13.8 Å². The van der Waals surface area contributed by atoms with Gasteiger partial charge in [0.05, 0.1) is 16.4 Å². The molecule has 0 fully saturated rings. The Morgan fingerprint density at radius 2 is 1.67 bits per heavy atom. The van der Waals surface area contributed by atoms with Crippen LogP contribution in [0.2, 0.25) is 10.0 Å². The molecule has 0 bridgehead atoms. The van der Waals surface area contributed by atoms with E-state index < -0.39 is 6.10 Å². The number of amides is 2. The number of benzene rings is 2. The number of carbonyl (C=O) groups is 2. The van der Waals surface area contributed by atoms with Gasteiger partial charge in [-0.2, -0.15) is 0 Å². The summed E-state index contributed by atoms with van der Waals surface area (Å²) < 4.78 is 5.57. The number of halogens is 2. The molecule has 0 radical (unpaired) electrons. The summed E-state index contributed by atoms with van der Waals surface area (Å²) in [6.45, 7) is 2.99. The fourth-order valence-corrected chi connectivity index (χ4v) is 2.39. The van der Waals surface area contributed by atoms with Gasteiger partial charge in [-0.25, -0.2) is 0 Å². The van der Waals surface area contributed by atoms with Gasteiger partial charge in [-0.05, 0) is 37.3 Å². The molecule has 0 aromatic heterocycles. The van der Waals surface area contributed by atoms with Gasteiger partial charge in [0.1, 0.15) is 5.75 Å². The first-order chi connectivity index (χ1) is 11.4. The van der Waals surface area contributed by atoms with Crippen molar-refractivity contribution in [2.24, 2.45) is 0 Å². The standard InChI is InChI=1S/C17H16Cl2N2O3/c1-10(24-16-8-7-12(18)9-13(16)19)17(23)21-15-6-4-3-5-14(15)20-11(2)22/h3-10H,1-2H3,(H,20,22)(H,21,23)/t10-/m1/s1. The van der Waals surface area contributed by atoms with Crippen molar-refractivity contribution < 1.29 is 14.3 Å². The van der Waals surface area contributed by atoms with Crippen molar-refractivity contribution >= 4 is 46.4 Å². The van der Waals surface area contributed by atoms with Crippen LogP contribution in [0.4, 0.5) is 11.4 Å². The molecule has 2 rings (SSSR count). The third-order valence-electron chi connectivity index (χ3n) is 3.06. The lowest BCUT2D eigenvalue weighted by Gasteiger charge is -2.17. The largest absolute Gasteiger partial charge is 0.479 e. The Balaban J connectivity index is 2.08. The van der Waals surface area contributed by atoms with Crippen LogP contribution in [0.25, 0.3) is 0 Å². The fourth-order valence-electron chi connectivity index (χ4n) is 1.94. The normalized spacial score (nSPS) is 11.5. The Hall–Kier alpha value is -2.24. The molecule has 24 heavy (non-hydrogen) atoms. The summed E-state index contributed by atoms with van der Waals surface area (Å²) >= 11 is 11.9. The van der Waals surface area contributed by atoms with Gasteiger partial charge in [0.15, 0.2) is 6.10 Å². The summed E-state index contributed by atoms with van der Waals surface area (Å²) in [6.07, 6.45) is -0.797. The highest BCUT2D eigenvalue weighted by molar-refractivity contribution is 6.35. The number of ether oxygens (including phenoxy) is 1. The minimum atomic E-state index is -0.797. The van der Waals surface area contributed by atoms with Gasteiger partial charge in [-0.1, -0.05) is 35.3 Å². The van der Waals surface area contributed by atoms with Crippen molar-refractivity contribution in [3.8, 4) is 5.75 Å². The monoisotopic (exact) mass is 366 g/mol. The van der Waals surface area contributed by atoms with Gasteiger partial charge in [-0.3, -0.25) is 9.59 Å². The summed E-state index contributed by atoms with van der Waals surface area (Å²) in [5.74, 6) is -0.244. The summed E-state index contributed by atoms with van der Waals surface area (Å²) in [7, 11) is 0.